The molecule has 0 unspecified atom stereocenters. The molecule has 2 N–H and O–H groups in total. The Hall–Kier alpha value is -1.77. The van der Waals surface area contributed by atoms with E-state index in [1.165, 1.54) is 23.5 Å². The minimum Gasteiger partial charge on any atom is -0.297 e. The Bertz CT molecular complexity index is 710. The summed E-state index contributed by atoms with van der Waals surface area (Å²) < 4.78 is 25.7. The zero-order valence-electron chi connectivity index (χ0n) is 10.1. The van der Waals surface area contributed by atoms with Gasteiger partial charge in [0.1, 0.15) is 4.99 Å². The van der Waals surface area contributed by atoms with E-state index < -0.39 is 16.1 Å². The molecule has 2 aromatic rings. The number of urea groups is 1. The summed E-state index contributed by atoms with van der Waals surface area (Å²) in [5.74, 6) is 0. The molecule has 0 atom stereocenters. The van der Waals surface area contributed by atoms with Crippen molar-refractivity contribution in [2.75, 3.05) is 0 Å². The molecule has 5 nitrogen and oxygen atoms in total. The van der Waals surface area contributed by atoms with E-state index in [0.717, 1.165) is 0 Å². The molecule has 0 aliphatic carbocycles. The third-order valence-corrected chi connectivity index (χ3v) is 4.94. The second-order valence-corrected chi connectivity index (χ2v) is 6.72. The first kappa shape index (κ1) is 14.6. The van der Waals surface area contributed by atoms with E-state index in [1.807, 2.05) is 10.1 Å². The van der Waals surface area contributed by atoms with Gasteiger partial charge < -0.3 is 0 Å². The standard InChI is InChI=1S/C12H10N2O3S3/c15-12(13-11(18)10-7-4-8-19-10)14-20(16,17)9-5-2-1-3-6-9/h1-8H,(H2,13,14,15,18). The van der Waals surface area contributed by atoms with Gasteiger partial charge >= 0.3 is 6.03 Å². The summed E-state index contributed by atoms with van der Waals surface area (Å²) in [5, 5.41) is 4.13. The average Bonchev–Trinajstić information content (AvgIpc) is 2.93. The molecule has 0 spiro atoms. The highest BCUT2D eigenvalue weighted by molar-refractivity contribution is 7.90. The number of benzene rings is 1. The van der Waals surface area contributed by atoms with Gasteiger partial charge in [-0.2, -0.15) is 0 Å². The van der Waals surface area contributed by atoms with Gasteiger partial charge in [0.2, 0.25) is 0 Å². The van der Waals surface area contributed by atoms with Crippen LogP contribution in [0.4, 0.5) is 4.79 Å². The van der Waals surface area contributed by atoms with Gasteiger partial charge in [0.25, 0.3) is 10.0 Å². The Morgan fingerprint density at radius 3 is 2.40 bits per heavy atom. The number of hydrogen-bond donors (Lipinski definition) is 2. The summed E-state index contributed by atoms with van der Waals surface area (Å²) >= 11 is 6.35. The fourth-order valence-electron chi connectivity index (χ4n) is 1.38. The van der Waals surface area contributed by atoms with Crippen LogP contribution in [0.15, 0.2) is 52.7 Å². The maximum absolute atomic E-state index is 11.9. The molecule has 0 radical (unpaired) electrons. The number of sulfonamides is 1. The van der Waals surface area contributed by atoms with Gasteiger partial charge in [0, 0.05) is 0 Å². The molecule has 0 aliphatic heterocycles. The fourth-order valence-corrected chi connectivity index (χ4v) is 3.23. The minimum atomic E-state index is -3.89. The van der Waals surface area contributed by atoms with Crippen molar-refractivity contribution in [1.82, 2.24) is 10.0 Å². The van der Waals surface area contributed by atoms with Gasteiger partial charge in [-0.15, -0.1) is 11.3 Å². The molecule has 2 rings (SSSR count). The smallest absolute Gasteiger partial charge is 0.297 e. The summed E-state index contributed by atoms with van der Waals surface area (Å²) in [6, 6.07) is 10.3. The van der Waals surface area contributed by atoms with Crippen molar-refractivity contribution in [3.63, 3.8) is 0 Å². The number of thiophene rings is 1. The molecule has 0 fully saturated rings. The molecule has 2 amide bonds. The first-order valence-electron chi connectivity index (χ1n) is 5.46. The van der Waals surface area contributed by atoms with Gasteiger partial charge in [0.15, 0.2) is 0 Å². The van der Waals surface area contributed by atoms with Crippen molar-refractivity contribution in [3.05, 3.63) is 52.7 Å². The zero-order chi connectivity index (χ0) is 14.6. The van der Waals surface area contributed by atoms with Crippen molar-refractivity contribution >= 4 is 44.6 Å². The molecule has 1 aromatic heterocycles. The van der Waals surface area contributed by atoms with Crippen LogP contribution in [0.3, 0.4) is 0 Å². The molecule has 8 heteroatoms. The summed E-state index contributed by atoms with van der Waals surface area (Å²) in [6.45, 7) is 0. The number of thiocarbonyl (C=S) groups is 1. The van der Waals surface area contributed by atoms with Crippen molar-refractivity contribution in [1.29, 1.82) is 0 Å². The Balaban J connectivity index is 2.03. The number of carbonyl (C=O) groups is 1. The number of amides is 2. The van der Waals surface area contributed by atoms with Crippen LogP contribution in [0.1, 0.15) is 4.88 Å². The maximum Gasteiger partial charge on any atom is 0.333 e. The lowest BCUT2D eigenvalue weighted by molar-refractivity contribution is 0.250. The Morgan fingerprint density at radius 2 is 1.80 bits per heavy atom. The molecule has 0 saturated heterocycles. The van der Waals surface area contributed by atoms with Crippen LogP contribution < -0.4 is 10.0 Å². The molecular formula is C12H10N2O3S3. The predicted octanol–water partition coefficient (Wildman–Crippen LogP) is 2.11. The number of hydrogen-bond acceptors (Lipinski definition) is 5. The van der Waals surface area contributed by atoms with E-state index in [-0.39, 0.29) is 9.88 Å². The third kappa shape index (κ3) is 3.62. The van der Waals surface area contributed by atoms with E-state index >= 15 is 0 Å². The Morgan fingerprint density at radius 1 is 1.10 bits per heavy atom. The molecule has 1 aromatic carbocycles. The molecule has 104 valence electrons. The van der Waals surface area contributed by atoms with E-state index in [0.29, 0.717) is 4.88 Å². The second kappa shape index (κ2) is 6.12. The first-order valence-corrected chi connectivity index (χ1v) is 8.23. The van der Waals surface area contributed by atoms with Crippen LogP contribution in [-0.2, 0) is 10.0 Å². The minimum absolute atomic E-state index is 0.0113. The van der Waals surface area contributed by atoms with E-state index in [2.05, 4.69) is 5.32 Å². The van der Waals surface area contributed by atoms with Crippen LogP contribution in [-0.4, -0.2) is 19.4 Å². The van der Waals surface area contributed by atoms with Crippen LogP contribution >= 0.6 is 23.6 Å². The molecule has 20 heavy (non-hydrogen) atoms. The van der Waals surface area contributed by atoms with Crippen molar-refractivity contribution in [2.24, 2.45) is 0 Å². The Labute approximate surface area is 125 Å². The lowest BCUT2D eigenvalue weighted by Crippen LogP contribution is -2.41. The van der Waals surface area contributed by atoms with E-state index in [4.69, 9.17) is 12.2 Å². The highest BCUT2D eigenvalue weighted by Gasteiger charge is 2.18. The van der Waals surface area contributed by atoms with Gasteiger partial charge in [-0.1, -0.05) is 36.5 Å². The molecule has 0 bridgehead atoms. The topological polar surface area (TPSA) is 75.3 Å². The lowest BCUT2D eigenvalue weighted by Gasteiger charge is -2.08. The number of carbonyl (C=O) groups excluding carboxylic acids is 1. The fraction of sp³-hybridized carbons (Fsp3) is 0. The van der Waals surface area contributed by atoms with E-state index in [9.17, 15) is 13.2 Å². The Kier molecular flexibility index (Phi) is 4.48. The van der Waals surface area contributed by atoms with Crippen molar-refractivity contribution in [2.45, 2.75) is 4.90 Å². The van der Waals surface area contributed by atoms with Crippen LogP contribution in [0.5, 0.6) is 0 Å². The van der Waals surface area contributed by atoms with Crippen molar-refractivity contribution in [3.8, 4) is 0 Å². The van der Waals surface area contributed by atoms with Crippen LogP contribution in [0, 0.1) is 0 Å². The van der Waals surface area contributed by atoms with Crippen LogP contribution in [0.2, 0.25) is 0 Å². The quantitative estimate of drug-likeness (QED) is 0.847. The second-order valence-electron chi connectivity index (χ2n) is 3.68. The predicted molar refractivity (Wildman–Crippen MR) is 81.3 cm³/mol. The van der Waals surface area contributed by atoms with Crippen LogP contribution in [0.25, 0.3) is 0 Å². The summed E-state index contributed by atoms with van der Waals surface area (Å²) in [6.07, 6.45) is 0. The largest absolute Gasteiger partial charge is 0.333 e. The lowest BCUT2D eigenvalue weighted by atomic mass is 10.4. The SMILES string of the molecule is O=C(NC(=S)c1cccs1)NS(=O)(=O)c1ccccc1. The first-order chi connectivity index (χ1) is 9.49. The third-order valence-electron chi connectivity index (χ3n) is 2.25. The maximum atomic E-state index is 11.9. The van der Waals surface area contributed by atoms with Crippen molar-refractivity contribution < 1.29 is 13.2 Å². The number of nitrogens with one attached hydrogen (secondary N) is 2. The number of rotatable bonds is 3. The highest BCUT2D eigenvalue weighted by atomic mass is 32.2. The normalized spacial score (nSPS) is 10.8. The van der Waals surface area contributed by atoms with Gasteiger partial charge in [-0.05, 0) is 23.6 Å². The van der Waals surface area contributed by atoms with E-state index in [1.54, 1.807) is 30.3 Å². The molecule has 0 saturated carbocycles. The molecule has 0 aliphatic rings. The average molecular weight is 326 g/mol. The monoisotopic (exact) mass is 326 g/mol. The summed E-state index contributed by atoms with van der Waals surface area (Å²) in [5.41, 5.74) is 0. The van der Waals surface area contributed by atoms with Gasteiger partial charge in [-0.3, -0.25) is 5.32 Å². The molecule has 1 heterocycles. The van der Waals surface area contributed by atoms with Gasteiger partial charge in [0.05, 0.1) is 9.77 Å². The summed E-state index contributed by atoms with van der Waals surface area (Å²) in [7, 11) is -3.89. The van der Waals surface area contributed by atoms with Gasteiger partial charge in [-0.25, -0.2) is 17.9 Å². The highest BCUT2D eigenvalue weighted by Crippen LogP contribution is 2.09. The zero-order valence-corrected chi connectivity index (χ0v) is 12.5. The summed E-state index contributed by atoms with van der Waals surface area (Å²) in [4.78, 5) is 12.5. The molecular weight excluding hydrogens is 316 g/mol.